The summed E-state index contributed by atoms with van der Waals surface area (Å²) in [5.74, 6) is -1.49. The second kappa shape index (κ2) is 9.65. The first-order chi connectivity index (χ1) is 14.5. The van der Waals surface area contributed by atoms with E-state index in [0.29, 0.717) is 28.7 Å². The largest absolute Gasteiger partial charge is 0.452 e. The highest BCUT2D eigenvalue weighted by molar-refractivity contribution is 6.05. The number of para-hydroxylation sites is 1. The summed E-state index contributed by atoms with van der Waals surface area (Å²) in [6, 6.07) is 17.7. The fraction of sp³-hybridized carbons (Fsp3) is 0.217. The lowest BCUT2D eigenvalue weighted by atomic mass is 10.0. The Morgan fingerprint density at radius 3 is 2.47 bits per heavy atom. The molecule has 2 aromatic carbocycles. The summed E-state index contributed by atoms with van der Waals surface area (Å²) >= 11 is 0. The number of hydrogen-bond donors (Lipinski definition) is 2. The van der Waals surface area contributed by atoms with Crippen molar-refractivity contribution < 1.29 is 19.1 Å². The second-order valence-corrected chi connectivity index (χ2v) is 6.70. The number of aromatic nitrogens is 1. The number of fused-ring (bicyclic) bond motifs is 1. The van der Waals surface area contributed by atoms with E-state index in [-0.39, 0.29) is 5.91 Å². The topological polar surface area (TPSA) is 97.4 Å². The Morgan fingerprint density at radius 2 is 1.73 bits per heavy atom. The van der Waals surface area contributed by atoms with Gasteiger partial charge in [-0.15, -0.1) is 0 Å². The van der Waals surface area contributed by atoms with Crippen molar-refractivity contribution in [2.45, 2.75) is 19.9 Å². The summed E-state index contributed by atoms with van der Waals surface area (Å²) in [4.78, 5) is 41.2. The van der Waals surface area contributed by atoms with Crippen LogP contribution < -0.4 is 10.6 Å². The van der Waals surface area contributed by atoms with Crippen LogP contribution in [0.4, 0.5) is 0 Å². The van der Waals surface area contributed by atoms with Crippen LogP contribution in [0.5, 0.6) is 0 Å². The quantitative estimate of drug-likeness (QED) is 0.589. The average Bonchev–Trinajstić information content (AvgIpc) is 2.77. The van der Waals surface area contributed by atoms with E-state index < -0.39 is 24.5 Å². The van der Waals surface area contributed by atoms with Gasteiger partial charge in [0.1, 0.15) is 6.04 Å². The van der Waals surface area contributed by atoms with Crippen LogP contribution >= 0.6 is 0 Å². The Hall–Kier alpha value is -3.74. The zero-order valence-electron chi connectivity index (χ0n) is 16.8. The highest BCUT2D eigenvalue weighted by atomic mass is 16.5. The summed E-state index contributed by atoms with van der Waals surface area (Å²) in [6.45, 7) is 3.33. The molecule has 0 spiro atoms. The average molecular weight is 405 g/mol. The van der Waals surface area contributed by atoms with E-state index in [2.05, 4.69) is 15.6 Å². The zero-order valence-corrected chi connectivity index (χ0v) is 16.8. The van der Waals surface area contributed by atoms with Crippen LogP contribution in [-0.2, 0) is 14.3 Å². The fourth-order valence-electron chi connectivity index (χ4n) is 2.99. The van der Waals surface area contributed by atoms with E-state index >= 15 is 0 Å². The van der Waals surface area contributed by atoms with E-state index in [1.807, 2.05) is 48.5 Å². The number of esters is 1. The van der Waals surface area contributed by atoms with Crippen molar-refractivity contribution in [1.29, 1.82) is 0 Å². The maximum atomic E-state index is 12.8. The lowest BCUT2D eigenvalue weighted by molar-refractivity contribution is -0.130. The molecule has 0 saturated heterocycles. The Morgan fingerprint density at radius 1 is 1.03 bits per heavy atom. The van der Waals surface area contributed by atoms with Gasteiger partial charge in [0.05, 0.1) is 16.8 Å². The van der Waals surface area contributed by atoms with Crippen molar-refractivity contribution in [2.75, 3.05) is 13.2 Å². The summed E-state index contributed by atoms with van der Waals surface area (Å²) in [5.41, 5.74) is 2.48. The molecule has 1 aromatic heterocycles. The number of carbonyl (C=O) groups excluding carboxylic acids is 3. The number of rotatable bonds is 7. The predicted molar refractivity (Wildman–Crippen MR) is 114 cm³/mol. The third-order valence-corrected chi connectivity index (χ3v) is 4.46. The van der Waals surface area contributed by atoms with Crippen LogP contribution in [0.2, 0.25) is 0 Å². The minimum Gasteiger partial charge on any atom is -0.452 e. The molecule has 0 saturated carbocycles. The molecule has 0 radical (unpaired) electrons. The number of carbonyl (C=O) groups is 3. The molecule has 0 aliphatic heterocycles. The number of likely N-dealkylation sites (N-methyl/N-ethyl adjacent to an activating group) is 1. The fourth-order valence-corrected chi connectivity index (χ4v) is 2.99. The van der Waals surface area contributed by atoms with Crippen LogP contribution in [0, 0.1) is 0 Å². The van der Waals surface area contributed by atoms with Crippen LogP contribution in [0.1, 0.15) is 24.2 Å². The lowest BCUT2D eigenvalue weighted by Gasteiger charge is -2.14. The van der Waals surface area contributed by atoms with Crippen molar-refractivity contribution >= 4 is 28.7 Å². The number of hydrogen-bond acceptors (Lipinski definition) is 5. The maximum absolute atomic E-state index is 12.8. The van der Waals surface area contributed by atoms with Gasteiger partial charge in [-0.1, -0.05) is 48.5 Å². The molecule has 7 heteroatoms. The molecular formula is C23H23N3O4. The van der Waals surface area contributed by atoms with Gasteiger partial charge in [0.2, 0.25) is 5.91 Å². The molecule has 3 aromatic rings. The molecule has 7 nitrogen and oxygen atoms in total. The Balaban J connectivity index is 1.78. The second-order valence-electron chi connectivity index (χ2n) is 6.70. The van der Waals surface area contributed by atoms with E-state index in [1.54, 1.807) is 26.0 Å². The van der Waals surface area contributed by atoms with E-state index in [9.17, 15) is 14.4 Å². The van der Waals surface area contributed by atoms with Gasteiger partial charge in [0.25, 0.3) is 5.91 Å². The summed E-state index contributed by atoms with van der Waals surface area (Å²) < 4.78 is 5.22. The van der Waals surface area contributed by atoms with Gasteiger partial charge in [0.15, 0.2) is 6.61 Å². The molecule has 2 amide bonds. The number of benzene rings is 2. The van der Waals surface area contributed by atoms with Crippen LogP contribution in [-0.4, -0.2) is 42.0 Å². The summed E-state index contributed by atoms with van der Waals surface area (Å²) in [5, 5.41) is 5.76. The van der Waals surface area contributed by atoms with Crippen molar-refractivity contribution in [1.82, 2.24) is 15.6 Å². The maximum Gasteiger partial charge on any atom is 0.339 e. The first-order valence-electron chi connectivity index (χ1n) is 9.69. The minimum absolute atomic E-state index is 0.301. The molecule has 0 bridgehead atoms. The van der Waals surface area contributed by atoms with E-state index in [1.165, 1.54) is 0 Å². The number of nitrogens with one attached hydrogen (secondary N) is 2. The van der Waals surface area contributed by atoms with Gasteiger partial charge in [-0.3, -0.25) is 9.59 Å². The molecule has 1 heterocycles. The van der Waals surface area contributed by atoms with Crippen molar-refractivity contribution in [3.8, 4) is 11.3 Å². The molecule has 30 heavy (non-hydrogen) atoms. The van der Waals surface area contributed by atoms with E-state index in [4.69, 9.17) is 4.74 Å². The number of nitrogens with zero attached hydrogens (tertiary/aromatic N) is 1. The first kappa shape index (κ1) is 21.0. The third kappa shape index (κ3) is 5.00. The zero-order chi connectivity index (χ0) is 21.5. The Kier molecular flexibility index (Phi) is 6.75. The molecule has 2 N–H and O–H groups in total. The van der Waals surface area contributed by atoms with Crippen LogP contribution in [0.15, 0.2) is 60.7 Å². The summed E-state index contributed by atoms with van der Waals surface area (Å²) in [6.07, 6.45) is 0. The summed E-state index contributed by atoms with van der Waals surface area (Å²) in [7, 11) is 0. The minimum atomic E-state index is -0.720. The normalized spacial score (nSPS) is 11.5. The molecule has 3 rings (SSSR count). The Labute approximate surface area is 174 Å². The number of pyridine rings is 1. The van der Waals surface area contributed by atoms with Crippen molar-refractivity contribution in [3.05, 3.63) is 66.2 Å². The van der Waals surface area contributed by atoms with Gasteiger partial charge >= 0.3 is 5.97 Å². The lowest BCUT2D eigenvalue weighted by Crippen LogP contribution is -2.46. The van der Waals surface area contributed by atoms with Crippen molar-refractivity contribution in [3.63, 3.8) is 0 Å². The smallest absolute Gasteiger partial charge is 0.339 e. The molecule has 0 aliphatic rings. The number of ether oxygens (including phenoxy) is 1. The molecule has 0 aliphatic carbocycles. The van der Waals surface area contributed by atoms with Gasteiger partial charge < -0.3 is 15.4 Å². The molecular weight excluding hydrogens is 382 g/mol. The van der Waals surface area contributed by atoms with Gasteiger partial charge in [-0.2, -0.15) is 0 Å². The van der Waals surface area contributed by atoms with Crippen molar-refractivity contribution in [2.24, 2.45) is 0 Å². The monoisotopic (exact) mass is 405 g/mol. The Bertz CT molecular complexity index is 1070. The van der Waals surface area contributed by atoms with Crippen LogP contribution in [0.3, 0.4) is 0 Å². The van der Waals surface area contributed by atoms with Gasteiger partial charge in [-0.25, -0.2) is 9.78 Å². The molecule has 1 atom stereocenters. The SMILES string of the molecule is CCNC(=O)[C@H](C)NC(=O)COC(=O)c1cc(-c2ccccc2)nc2ccccc12. The predicted octanol–water partition coefficient (Wildman–Crippen LogP) is 2.70. The molecule has 0 unspecified atom stereocenters. The third-order valence-electron chi connectivity index (χ3n) is 4.46. The van der Waals surface area contributed by atoms with Gasteiger partial charge in [0, 0.05) is 17.5 Å². The van der Waals surface area contributed by atoms with Crippen LogP contribution in [0.25, 0.3) is 22.2 Å². The van der Waals surface area contributed by atoms with E-state index in [0.717, 1.165) is 5.56 Å². The number of amides is 2. The highest BCUT2D eigenvalue weighted by Gasteiger charge is 2.19. The molecule has 0 fully saturated rings. The first-order valence-corrected chi connectivity index (χ1v) is 9.69. The van der Waals surface area contributed by atoms with Gasteiger partial charge in [-0.05, 0) is 26.0 Å². The standard InChI is InChI=1S/C23H23N3O4/c1-3-24-22(28)15(2)25-21(27)14-30-23(29)18-13-20(16-9-5-4-6-10-16)26-19-12-8-7-11-17(18)19/h4-13,15H,3,14H2,1-2H3,(H,24,28)(H,25,27)/t15-/m0/s1. The molecule has 154 valence electrons. The highest BCUT2D eigenvalue weighted by Crippen LogP contribution is 2.25.